The van der Waals surface area contributed by atoms with Gasteiger partial charge in [-0.1, -0.05) is 6.07 Å². The molecule has 2 rings (SSSR count). The zero-order valence-electron chi connectivity index (χ0n) is 10.5. The van der Waals surface area contributed by atoms with Gasteiger partial charge in [-0.3, -0.25) is 9.69 Å². The fraction of sp³-hybridized carbons (Fsp3) is 0.538. The molecule has 1 aromatic heterocycles. The van der Waals surface area contributed by atoms with Gasteiger partial charge >= 0.3 is 5.97 Å². The molecule has 18 heavy (non-hydrogen) atoms. The van der Waals surface area contributed by atoms with Crippen molar-refractivity contribution in [3.05, 3.63) is 23.9 Å². The highest BCUT2D eigenvalue weighted by Gasteiger charge is 2.25. The molecule has 0 saturated carbocycles. The predicted octanol–water partition coefficient (Wildman–Crippen LogP) is 1.70. The Morgan fingerprint density at radius 3 is 2.72 bits per heavy atom. The maximum Gasteiger partial charge on any atom is 0.305 e. The minimum atomic E-state index is -0.775. The number of ether oxygens (including phenoxy) is 1. The van der Waals surface area contributed by atoms with Crippen molar-refractivity contribution in [1.29, 1.82) is 0 Å². The van der Waals surface area contributed by atoms with Gasteiger partial charge in [0.15, 0.2) is 0 Å². The first-order valence-electron chi connectivity index (χ1n) is 6.16. The van der Waals surface area contributed by atoms with Crippen molar-refractivity contribution in [1.82, 2.24) is 9.88 Å². The zero-order valence-corrected chi connectivity index (χ0v) is 10.5. The average molecular weight is 250 g/mol. The van der Waals surface area contributed by atoms with E-state index in [-0.39, 0.29) is 12.5 Å². The third-order valence-corrected chi connectivity index (χ3v) is 3.30. The molecule has 1 aliphatic heterocycles. The van der Waals surface area contributed by atoms with Gasteiger partial charge < -0.3 is 9.84 Å². The second-order valence-corrected chi connectivity index (χ2v) is 4.49. The molecule has 1 N–H and O–H groups in total. The Labute approximate surface area is 106 Å². The first kappa shape index (κ1) is 12.8. The molecule has 5 nitrogen and oxygen atoms in total. The monoisotopic (exact) mass is 250 g/mol. The Hall–Kier alpha value is -1.62. The molecule has 2 heterocycles. The van der Waals surface area contributed by atoms with Gasteiger partial charge in [0.2, 0.25) is 5.88 Å². The molecule has 98 valence electrons. The third kappa shape index (κ3) is 2.98. The van der Waals surface area contributed by atoms with Crippen LogP contribution in [-0.4, -0.2) is 41.2 Å². The molecule has 0 aliphatic carbocycles. The van der Waals surface area contributed by atoms with Crippen LogP contribution in [0.3, 0.4) is 0 Å². The molecule has 1 saturated heterocycles. The minimum Gasteiger partial charge on any atom is -0.481 e. The average Bonchev–Trinajstić information content (AvgIpc) is 2.89. The van der Waals surface area contributed by atoms with Gasteiger partial charge in [-0.15, -0.1) is 0 Å². The number of aromatic nitrogens is 1. The molecule has 1 fully saturated rings. The van der Waals surface area contributed by atoms with Crippen molar-refractivity contribution in [3.8, 4) is 5.88 Å². The lowest BCUT2D eigenvalue weighted by molar-refractivity contribution is -0.138. The van der Waals surface area contributed by atoms with Gasteiger partial charge in [0, 0.05) is 18.3 Å². The van der Waals surface area contributed by atoms with E-state index < -0.39 is 5.97 Å². The quantitative estimate of drug-likeness (QED) is 0.861. The van der Waals surface area contributed by atoms with Crippen LogP contribution in [0.4, 0.5) is 0 Å². The normalized spacial score (nSPS) is 17.6. The van der Waals surface area contributed by atoms with E-state index in [1.807, 2.05) is 6.07 Å². The smallest absolute Gasteiger partial charge is 0.305 e. The van der Waals surface area contributed by atoms with Gasteiger partial charge in [-0.25, -0.2) is 4.98 Å². The fourth-order valence-corrected chi connectivity index (χ4v) is 2.39. The molecule has 1 unspecified atom stereocenters. The van der Waals surface area contributed by atoms with Crippen molar-refractivity contribution in [2.45, 2.75) is 25.3 Å². The number of methoxy groups -OCH3 is 1. The van der Waals surface area contributed by atoms with Crippen LogP contribution in [0.15, 0.2) is 18.3 Å². The Morgan fingerprint density at radius 1 is 1.50 bits per heavy atom. The van der Waals surface area contributed by atoms with Crippen LogP contribution < -0.4 is 4.74 Å². The summed E-state index contributed by atoms with van der Waals surface area (Å²) in [5, 5.41) is 9.03. The largest absolute Gasteiger partial charge is 0.481 e. The summed E-state index contributed by atoms with van der Waals surface area (Å²) in [6.45, 7) is 1.92. The number of nitrogens with zero attached hydrogens (tertiary/aromatic N) is 2. The standard InChI is InChI=1S/C13H18N2O3/c1-18-12-5-4-10(9-14-12)11(8-13(16)17)15-6-2-3-7-15/h4-5,9,11H,2-3,6-8H2,1H3,(H,16,17). The van der Waals surface area contributed by atoms with Crippen molar-refractivity contribution in [2.24, 2.45) is 0 Å². The second kappa shape index (κ2) is 5.82. The van der Waals surface area contributed by atoms with Crippen molar-refractivity contribution in [2.75, 3.05) is 20.2 Å². The van der Waals surface area contributed by atoms with E-state index in [4.69, 9.17) is 9.84 Å². The Bertz CT molecular complexity index is 399. The summed E-state index contributed by atoms with van der Waals surface area (Å²) in [6, 6.07) is 3.60. The van der Waals surface area contributed by atoms with E-state index in [0.717, 1.165) is 31.5 Å². The van der Waals surface area contributed by atoms with E-state index in [1.165, 1.54) is 0 Å². The van der Waals surface area contributed by atoms with E-state index in [1.54, 1.807) is 19.4 Å². The molecular weight excluding hydrogens is 232 g/mol. The van der Waals surface area contributed by atoms with Crippen LogP contribution in [-0.2, 0) is 4.79 Å². The summed E-state index contributed by atoms with van der Waals surface area (Å²) >= 11 is 0. The number of hydrogen-bond acceptors (Lipinski definition) is 4. The topological polar surface area (TPSA) is 62.7 Å². The first-order valence-corrected chi connectivity index (χ1v) is 6.16. The summed E-state index contributed by atoms with van der Waals surface area (Å²) < 4.78 is 5.01. The van der Waals surface area contributed by atoms with Crippen molar-refractivity contribution < 1.29 is 14.6 Å². The predicted molar refractivity (Wildman–Crippen MR) is 66.6 cm³/mol. The molecule has 1 aliphatic rings. The lowest BCUT2D eigenvalue weighted by Crippen LogP contribution is -2.27. The summed E-state index contributed by atoms with van der Waals surface area (Å²) in [5.74, 6) is -0.225. The lowest BCUT2D eigenvalue weighted by atomic mass is 10.0. The second-order valence-electron chi connectivity index (χ2n) is 4.49. The SMILES string of the molecule is COc1ccc(C(CC(=O)O)N2CCCC2)cn1. The van der Waals surface area contributed by atoms with Gasteiger partial charge in [0.25, 0.3) is 0 Å². The number of aliphatic carboxylic acids is 1. The summed E-state index contributed by atoms with van der Waals surface area (Å²) in [6.07, 6.45) is 4.11. The van der Waals surface area contributed by atoms with E-state index in [2.05, 4.69) is 9.88 Å². The highest BCUT2D eigenvalue weighted by molar-refractivity contribution is 5.67. The van der Waals surface area contributed by atoms with Gasteiger partial charge in [-0.05, 0) is 31.5 Å². The zero-order chi connectivity index (χ0) is 13.0. The van der Waals surface area contributed by atoms with Gasteiger partial charge in [-0.2, -0.15) is 0 Å². The lowest BCUT2D eigenvalue weighted by Gasteiger charge is -2.26. The number of pyridine rings is 1. The van der Waals surface area contributed by atoms with Crippen LogP contribution in [0.2, 0.25) is 0 Å². The van der Waals surface area contributed by atoms with Crippen molar-refractivity contribution in [3.63, 3.8) is 0 Å². The number of rotatable bonds is 5. The molecule has 1 atom stereocenters. The van der Waals surface area contributed by atoms with Crippen LogP contribution in [0.25, 0.3) is 0 Å². The van der Waals surface area contributed by atoms with E-state index >= 15 is 0 Å². The number of carbonyl (C=O) groups is 1. The fourth-order valence-electron chi connectivity index (χ4n) is 2.39. The molecule has 0 radical (unpaired) electrons. The Kier molecular flexibility index (Phi) is 4.15. The molecule has 0 spiro atoms. The van der Waals surface area contributed by atoms with Crippen LogP contribution in [0, 0.1) is 0 Å². The first-order chi connectivity index (χ1) is 8.70. The molecule has 1 aromatic rings. The van der Waals surface area contributed by atoms with Gasteiger partial charge in [0.1, 0.15) is 0 Å². The number of carboxylic acids is 1. The van der Waals surface area contributed by atoms with E-state index in [9.17, 15) is 4.79 Å². The maximum atomic E-state index is 11.0. The van der Waals surface area contributed by atoms with Crippen LogP contribution >= 0.6 is 0 Å². The maximum absolute atomic E-state index is 11.0. The highest BCUT2D eigenvalue weighted by atomic mass is 16.5. The molecule has 5 heteroatoms. The van der Waals surface area contributed by atoms with Gasteiger partial charge in [0.05, 0.1) is 13.5 Å². The Morgan fingerprint density at radius 2 is 2.22 bits per heavy atom. The third-order valence-electron chi connectivity index (χ3n) is 3.30. The molecule has 0 amide bonds. The van der Waals surface area contributed by atoms with E-state index in [0.29, 0.717) is 5.88 Å². The summed E-state index contributed by atoms with van der Waals surface area (Å²) in [5.41, 5.74) is 0.945. The molecule has 0 aromatic carbocycles. The van der Waals surface area contributed by atoms with Crippen LogP contribution in [0.1, 0.15) is 30.9 Å². The summed E-state index contributed by atoms with van der Waals surface area (Å²) in [4.78, 5) is 17.4. The minimum absolute atomic E-state index is 0.0802. The highest BCUT2D eigenvalue weighted by Crippen LogP contribution is 2.28. The number of carboxylic acid groups (broad SMARTS) is 1. The van der Waals surface area contributed by atoms with Crippen LogP contribution in [0.5, 0.6) is 5.88 Å². The summed E-state index contributed by atoms with van der Waals surface area (Å²) in [7, 11) is 1.57. The molecule has 0 bridgehead atoms. The molecular formula is C13H18N2O3. The Balaban J connectivity index is 2.17. The number of hydrogen-bond donors (Lipinski definition) is 1. The van der Waals surface area contributed by atoms with Crippen molar-refractivity contribution >= 4 is 5.97 Å². The number of likely N-dealkylation sites (tertiary alicyclic amines) is 1.